The molecular weight excluding hydrogens is 500 g/mol. The van der Waals surface area contributed by atoms with Crippen LogP contribution in [0.1, 0.15) is 48.0 Å². The molecule has 9 nitrogen and oxygen atoms in total. The minimum atomic E-state index is -1.32. The van der Waals surface area contributed by atoms with E-state index in [2.05, 4.69) is 51.1 Å². The molecule has 0 radical (unpaired) electrons. The molecule has 0 spiro atoms. The predicted molar refractivity (Wildman–Crippen MR) is 154 cm³/mol. The molecule has 0 saturated heterocycles. The number of ether oxygens (including phenoxy) is 1. The predicted octanol–water partition coefficient (Wildman–Crippen LogP) is 5.65. The summed E-state index contributed by atoms with van der Waals surface area (Å²) in [5, 5.41) is 6.30. The highest BCUT2D eigenvalue weighted by Crippen LogP contribution is 2.39. The molecule has 38 heavy (non-hydrogen) atoms. The number of nitrogens with one attached hydrogen (secondary N) is 3. The van der Waals surface area contributed by atoms with Crippen molar-refractivity contribution in [2.75, 3.05) is 28.7 Å². The zero-order valence-corrected chi connectivity index (χ0v) is 23.4. The Balaban J connectivity index is 1.69. The van der Waals surface area contributed by atoms with Crippen LogP contribution in [0.15, 0.2) is 48.8 Å². The van der Waals surface area contributed by atoms with Crippen molar-refractivity contribution < 1.29 is 14.1 Å². The first-order valence-electron chi connectivity index (χ1n) is 12.1. The Labute approximate surface area is 225 Å². The lowest BCUT2D eigenvalue weighted by molar-refractivity contribution is 0.102. The van der Waals surface area contributed by atoms with Crippen LogP contribution in [0.5, 0.6) is 5.75 Å². The van der Waals surface area contributed by atoms with E-state index in [9.17, 15) is 9.35 Å². The van der Waals surface area contributed by atoms with Gasteiger partial charge in [-0.2, -0.15) is 0 Å². The van der Waals surface area contributed by atoms with Gasteiger partial charge in [0.25, 0.3) is 5.91 Å². The summed E-state index contributed by atoms with van der Waals surface area (Å²) >= 11 is -1.32. The summed E-state index contributed by atoms with van der Waals surface area (Å²) in [6, 6.07) is 13.0. The number of pyridine rings is 1. The number of aryl methyl sites for hydroxylation is 2. The number of carbonyl (C=O) groups is 1. The third-order valence-electron chi connectivity index (χ3n) is 6.03. The molecule has 4 rings (SSSR count). The van der Waals surface area contributed by atoms with Gasteiger partial charge < -0.3 is 19.9 Å². The molecule has 4 aromatic rings. The second-order valence-electron chi connectivity index (χ2n) is 10.1. The molecule has 10 heteroatoms. The number of hydrogen-bond acceptors (Lipinski definition) is 8. The topological polar surface area (TPSA) is 124 Å². The van der Waals surface area contributed by atoms with Crippen LogP contribution in [-0.2, 0) is 16.8 Å². The van der Waals surface area contributed by atoms with Crippen molar-refractivity contribution in [1.29, 1.82) is 0 Å². The first-order chi connectivity index (χ1) is 18.0. The van der Waals surface area contributed by atoms with Crippen molar-refractivity contribution in [2.45, 2.75) is 40.0 Å². The van der Waals surface area contributed by atoms with Gasteiger partial charge in [-0.1, -0.05) is 26.8 Å². The number of rotatable bonds is 7. The quantitative estimate of drug-likeness (QED) is 0.261. The average Bonchev–Trinajstić information content (AvgIpc) is 2.84. The zero-order chi connectivity index (χ0) is 27.6. The summed E-state index contributed by atoms with van der Waals surface area (Å²) in [5.74, 6) is 0.644. The van der Waals surface area contributed by atoms with Crippen LogP contribution >= 0.6 is 0 Å². The summed E-state index contributed by atoms with van der Waals surface area (Å²) in [7, 11) is 1.52. The number of nitrogens with zero attached hydrogens (tertiary/aromatic N) is 3. The first-order valence-corrected chi connectivity index (χ1v) is 13.6. The molecule has 2 heterocycles. The Morgan fingerprint density at radius 3 is 2.42 bits per heavy atom. The van der Waals surface area contributed by atoms with E-state index < -0.39 is 11.4 Å². The van der Waals surface area contributed by atoms with E-state index in [1.807, 2.05) is 44.2 Å². The number of methoxy groups -OCH3 is 1. The maximum absolute atomic E-state index is 13.4. The van der Waals surface area contributed by atoms with Gasteiger partial charge in [-0.3, -0.25) is 4.79 Å². The third-order valence-corrected chi connectivity index (χ3v) is 6.54. The highest BCUT2D eigenvalue weighted by molar-refractivity contribution is 7.92. The molecule has 1 amide bonds. The van der Waals surface area contributed by atoms with Crippen LogP contribution in [-0.4, -0.2) is 38.8 Å². The molecule has 0 bridgehead atoms. The number of aromatic nitrogens is 3. The Morgan fingerprint density at radius 1 is 1.00 bits per heavy atom. The number of benzene rings is 2. The Kier molecular flexibility index (Phi) is 7.75. The Bertz CT molecular complexity index is 1500. The van der Waals surface area contributed by atoms with E-state index in [1.54, 1.807) is 18.4 Å². The highest BCUT2D eigenvalue weighted by Gasteiger charge is 2.23. The van der Waals surface area contributed by atoms with Gasteiger partial charge in [0, 0.05) is 16.9 Å². The number of fused-ring (bicyclic) bond motifs is 1. The molecule has 0 fully saturated rings. The minimum Gasteiger partial charge on any atom is -0.593 e. The van der Waals surface area contributed by atoms with Gasteiger partial charge in [-0.05, 0) is 66.8 Å². The molecule has 2 aromatic heterocycles. The van der Waals surface area contributed by atoms with Crippen molar-refractivity contribution in [1.82, 2.24) is 15.0 Å². The Hall–Kier alpha value is -3.89. The van der Waals surface area contributed by atoms with Gasteiger partial charge in [0.05, 0.1) is 29.7 Å². The molecule has 1 unspecified atom stereocenters. The molecule has 0 aliphatic carbocycles. The first kappa shape index (κ1) is 27.2. The molecule has 2 aromatic carbocycles. The maximum atomic E-state index is 13.4. The van der Waals surface area contributed by atoms with E-state index in [-0.39, 0.29) is 11.3 Å². The summed E-state index contributed by atoms with van der Waals surface area (Å²) in [6.07, 6.45) is 3.02. The van der Waals surface area contributed by atoms with Crippen LogP contribution in [0.4, 0.5) is 22.9 Å². The summed E-state index contributed by atoms with van der Waals surface area (Å²) in [4.78, 5) is 26.7. The fourth-order valence-corrected chi connectivity index (χ4v) is 4.42. The average molecular weight is 533 g/mol. The van der Waals surface area contributed by atoms with Gasteiger partial charge in [0.2, 0.25) is 0 Å². The monoisotopic (exact) mass is 532 g/mol. The van der Waals surface area contributed by atoms with Gasteiger partial charge >= 0.3 is 0 Å². The second-order valence-corrected chi connectivity index (χ2v) is 11.2. The largest absolute Gasteiger partial charge is 0.593 e. The van der Waals surface area contributed by atoms with Gasteiger partial charge in [0.1, 0.15) is 23.8 Å². The van der Waals surface area contributed by atoms with Crippen molar-refractivity contribution in [3.8, 4) is 5.75 Å². The second kappa shape index (κ2) is 10.8. The van der Waals surface area contributed by atoms with Crippen LogP contribution in [0.2, 0.25) is 0 Å². The van der Waals surface area contributed by atoms with Gasteiger partial charge in [-0.25, -0.2) is 19.7 Å². The van der Waals surface area contributed by atoms with Crippen molar-refractivity contribution in [3.05, 3.63) is 71.2 Å². The maximum Gasteiger partial charge on any atom is 0.255 e. The Morgan fingerprint density at radius 2 is 1.74 bits per heavy atom. The van der Waals surface area contributed by atoms with Crippen LogP contribution in [0.25, 0.3) is 11.0 Å². The van der Waals surface area contributed by atoms with E-state index in [0.717, 1.165) is 28.0 Å². The summed E-state index contributed by atoms with van der Waals surface area (Å²) in [6.45, 7) is 10.1. The fourth-order valence-electron chi connectivity index (χ4n) is 3.95. The van der Waals surface area contributed by atoms with Crippen LogP contribution < -0.4 is 20.1 Å². The van der Waals surface area contributed by atoms with E-state index in [1.165, 1.54) is 13.4 Å². The lowest BCUT2D eigenvalue weighted by Crippen LogP contribution is -2.18. The highest BCUT2D eigenvalue weighted by atomic mass is 32.2. The summed E-state index contributed by atoms with van der Waals surface area (Å²) in [5.41, 5.74) is 6.09. The normalized spacial score (nSPS) is 12.2. The van der Waals surface area contributed by atoms with E-state index >= 15 is 0 Å². The van der Waals surface area contributed by atoms with E-state index in [0.29, 0.717) is 34.0 Å². The van der Waals surface area contributed by atoms with Crippen molar-refractivity contribution >= 4 is 51.2 Å². The standard InChI is InChI=1S/C28H32N6O3S/c1-16-8-10-18(12-21(16)32-26-24-20(29-15-30-26)11-9-17(2)31-24)27(35)33-22-13-19(28(3,4)5)14-23(25(22)37-6)34-38(7)36/h8-15,34H,1-7H3,(H,33,35)(H,29,30,32). The van der Waals surface area contributed by atoms with E-state index in [4.69, 9.17) is 4.74 Å². The lowest BCUT2D eigenvalue weighted by Gasteiger charge is -2.24. The number of hydrogen-bond donors (Lipinski definition) is 3. The van der Waals surface area contributed by atoms with Gasteiger partial charge in [-0.15, -0.1) is 0 Å². The van der Waals surface area contributed by atoms with Crippen LogP contribution in [0, 0.1) is 13.8 Å². The summed E-state index contributed by atoms with van der Waals surface area (Å²) < 4.78 is 20.5. The molecule has 0 aliphatic heterocycles. The van der Waals surface area contributed by atoms with Crippen molar-refractivity contribution in [2.24, 2.45) is 0 Å². The lowest BCUT2D eigenvalue weighted by atomic mass is 9.86. The number of carbonyl (C=O) groups excluding carboxylic acids is 1. The molecular formula is C28H32N6O3S. The minimum absolute atomic E-state index is 0.217. The molecule has 1 atom stereocenters. The molecule has 0 saturated carbocycles. The number of anilines is 4. The van der Waals surface area contributed by atoms with Gasteiger partial charge in [0.15, 0.2) is 11.6 Å². The van der Waals surface area contributed by atoms with Crippen molar-refractivity contribution in [3.63, 3.8) is 0 Å². The fraction of sp³-hybridized carbons (Fsp3) is 0.286. The van der Waals surface area contributed by atoms with Crippen LogP contribution in [0.3, 0.4) is 0 Å². The smallest absolute Gasteiger partial charge is 0.255 e. The number of amides is 1. The molecule has 0 aliphatic rings. The SMILES string of the molecule is COc1c(NC(=O)c2ccc(C)c(Nc3ncnc4ccc(C)nc34)c2)cc(C(C)(C)C)cc1N[S+](C)[O-]. The third kappa shape index (κ3) is 5.98. The zero-order valence-electron chi connectivity index (χ0n) is 22.6. The molecule has 198 valence electrons. The molecule has 3 N–H and O–H groups in total.